The Morgan fingerprint density at radius 2 is 1.62 bits per heavy atom. The topological polar surface area (TPSA) is 18.5 Å². The summed E-state index contributed by atoms with van der Waals surface area (Å²) in [6.07, 6.45) is 11.6. The van der Waals surface area contributed by atoms with Crippen molar-refractivity contribution in [3.8, 4) is 0 Å². The third kappa shape index (κ3) is 5.82. The Balaban J connectivity index is 1.66. The van der Waals surface area contributed by atoms with Crippen LogP contribution in [0.1, 0.15) is 62.9 Å². The second-order valence-corrected chi connectivity index (χ2v) is 7.03. The van der Waals surface area contributed by atoms with Crippen LogP contribution >= 0.6 is 0 Å². The van der Waals surface area contributed by atoms with Crippen LogP contribution in [0.2, 0.25) is 0 Å². The molecule has 0 amide bonds. The van der Waals surface area contributed by atoms with Crippen LogP contribution in [-0.4, -0.2) is 12.2 Å². The molecule has 1 aliphatic rings. The highest BCUT2D eigenvalue weighted by molar-refractivity contribution is 5.49. The molecule has 1 saturated heterocycles. The Bertz CT molecular complexity index is 650. The Morgan fingerprint density at radius 3 is 2.35 bits per heavy atom. The van der Waals surface area contributed by atoms with E-state index in [0.29, 0.717) is 0 Å². The van der Waals surface area contributed by atoms with Crippen molar-refractivity contribution in [2.24, 2.45) is 0 Å². The van der Waals surface area contributed by atoms with Crippen LogP contribution in [0.15, 0.2) is 66.7 Å². The molecule has 2 heteroatoms. The van der Waals surface area contributed by atoms with Crippen LogP contribution < -0.4 is 0 Å². The predicted molar refractivity (Wildman–Crippen MR) is 108 cm³/mol. The average Bonchev–Trinajstić information content (AvgIpc) is 2.71. The van der Waals surface area contributed by atoms with Crippen molar-refractivity contribution in [2.45, 2.75) is 63.9 Å². The van der Waals surface area contributed by atoms with Crippen LogP contribution in [0.5, 0.6) is 0 Å². The zero-order valence-corrected chi connectivity index (χ0v) is 15.7. The lowest BCUT2D eigenvalue weighted by Crippen LogP contribution is -2.32. The van der Waals surface area contributed by atoms with E-state index in [1.54, 1.807) is 0 Å². The molecule has 0 unspecified atom stereocenters. The van der Waals surface area contributed by atoms with E-state index in [4.69, 9.17) is 9.47 Å². The Kier molecular flexibility index (Phi) is 7.48. The van der Waals surface area contributed by atoms with Crippen LogP contribution in [0.3, 0.4) is 0 Å². The van der Waals surface area contributed by atoms with Gasteiger partial charge in [0.25, 0.3) is 0 Å². The number of ether oxygens (including phenoxy) is 2. The number of unbranched alkanes of at least 4 members (excludes halogenated alkanes) is 3. The smallest absolute Gasteiger partial charge is 0.184 e. The second-order valence-electron chi connectivity index (χ2n) is 7.03. The molecule has 3 rings (SSSR count). The summed E-state index contributed by atoms with van der Waals surface area (Å²) in [7, 11) is 0. The lowest BCUT2D eigenvalue weighted by molar-refractivity contribution is -0.238. The van der Waals surface area contributed by atoms with Crippen molar-refractivity contribution in [3.05, 3.63) is 77.9 Å². The molecule has 0 radical (unpaired) electrons. The molecule has 3 atom stereocenters. The second kappa shape index (κ2) is 10.3. The van der Waals surface area contributed by atoms with Crippen LogP contribution in [-0.2, 0) is 9.47 Å². The van der Waals surface area contributed by atoms with Crippen LogP contribution in [0.4, 0.5) is 0 Å². The van der Waals surface area contributed by atoms with E-state index in [1.165, 1.54) is 31.2 Å². The maximum Gasteiger partial charge on any atom is 0.184 e. The first-order valence-corrected chi connectivity index (χ1v) is 9.94. The van der Waals surface area contributed by atoms with Gasteiger partial charge in [0.15, 0.2) is 6.29 Å². The van der Waals surface area contributed by atoms with Crippen LogP contribution in [0, 0.1) is 0 Å². The lowest BCUT2D eigenvalue weighted by Gasteiger charge is -2.35. The summed E-state index contributed by atoms with van der Waals surface area (Å²) >= 11 is 0. The number of hydrogen-bond donors (Lipinski definition) is 0. The van der Waals surface area contributed by atoms with Gasteiger partial charge < -0.3 is 9.47 Å². The standard InChI is InChI=1S/C24H30O2/c1-2-3-4-11-16-22-19-23(18-17-20-12-7-5-8-13-20)26-24(25-22)21-14-9-6-10-15-21/h5-10,12-15,17-18,22-24H,2-4,11,16,19H2,1H3/b18-17+/t22-,23+,24-/m1/s1. The minimum atomic E-state index is -0.272. The molecule has 138 valence electrons. The average molecular weight is 351 g/mol. The third-order valence-electron chi connectivity index (χ3n) is 4.86. The number of benzene rings is 2. The maximum absolute atomic E-state index is 6.28. The van der Waals surface area contributed by atoms with E-state index in [2.05, 4.69) is 55.5 Å². The minimum absolute atomic E-state index is 0.0883. The molecule has 1 aliphatic heterocycles. The molecule has 1 fully saturated rings. The first kappa shape index (κ1) is 18.9. The van der Waals surface area contributed by atoms with Gasteiger partial charge in [-0.25, -0.2) is 0 Å². The Hall–Kier alpha value is -1.90. The SMILES string of the molecule is CCCCCC[C@@H]1C[C@H](/C=C/c2ccccc2)O[C@H](c2ccccc2)O1. The molecular formula is C24H30O2. The predicted octanol–water partition coefficient (Wildman–Crippen LogP) is 6.54. The van der Waals surface area contributed by atoms with Crippen molar-refractivity contribution in [1.29, 1.82) is 0 Å². The normalized spacial score (nSPS) is 23.3. The fourth-order valence-corrected chi connectivity index (χ4v) is 3.39. The largest absolute Gasteiger partial charge is 0.345 e. The van der Waals surface area contributed by atoms with Crippen LogP contribution in [0.25, 0.3) is 6.08 Å². The first-order valence-electron chi connectivity index (χ1n) is 9.94. The molecule has 1 heterocycles. The molecule has 0 aliphatic carbocycles. The van der Waals surface area contributed by atoms with Gasteiger partial charge in [-0.05, 0) is 12.0 Å². The van der Waals surface area contributed by atoms with Crippen molar-refractivity contribution in [2.75, 3.05) is 0 Å². The quantitative estimate of drug-likeness (QED) is 0.503. The number of hydrogen-bond acceptors (Lipinski definition) is 2. The summed E-state index contributed by atoms with van der Waals surface area (Å²) in [4.78, 5) is 0. The molecule has 26 heavy (non-hydrogen) atoms. The summed E-state index contributed by atoms with van der Waals surface area (Å²) in [5.74, 6) is 0. The van der Waals surface area contributed by atoms with E-state index < -0.39 is 0 Å². The molecule has 2 nitrogen and oxygen atoms in total. The monoisotopic (exact) mass is 350 g/mol. The van der Waals surface area contributed by atoms with Crippen molar-refractivity contribution in [1.82, 2.24) is 0 Å². The van der Waals surface area contributed by atoms with Gasteiger partial charge in [-0.1, -0.05) is 105 Å². The zero-order chi connectivity index (χ0) is 18.0. The van der Waals surface area contributed by atoms with E-state index in [-0.39, 0.29) is 18.5 Å². The van der Waals surface area contributed by atoms with Crippen molar-refractivity contribution >= 4 is 6.08 Å². The molecule has 0 spiro atoms. The van der Waals surface area contributed by atoms with E-state index in [0.717, 1.165) is 18.4 Å². The van der Waals surface area contributed by atoms with Crippen molar-refractivity contribution in [3.63, 3.8) is 0 Å². The van der Waals surface area contributed by atoms with Gasteiger partial charge in [0.1, 0.15) is 0 Å². The summed E-state index contributed by atoms with van der Waals surface area (Å²) in [6.45, 7) is 2.25. The van der Waals surface area contributed by atoms with E-state index in [9.17, 15) is 0 Å². The highest BCUT2D eigenvalue weighted by Crippen LogP contribution is 2.32. The Morgan fingerprint density at radius 1 is 0.885 bits per heavy atom. The highest BCUT2D eigenvalue weighted by Gasteiger charge is 2.29. The van der Waals surface area contributed by atoms with E-state index >= 15 is 0 Å². The van der Waals surface area contributed by atoms with Gasteiger partial charge in [-0.2, -0.15) is 0 Å². The molecule has 0 aromatic heterocycles. The van der Waals surface area contributed by atoms with Gasteiger partial charge in [-0.3, -0.25) is 0 Å². The molecule has 0 N–H and O–H groups in total. The van der Waals surface area contributed by atoms with Gasteiger partial charge in [-0.15, -0.1) is 0 Å². The molecule has 2 aromatic rings. The molecule has 0 bridgehead atoms. The van der Waals surface area contributed by atoms with Gasteiger partial charge in [0.05, 0.1) is 12.2 Å². The fraction of sp³-hybridized carbons (Fsp3) is 0.417. The maximum atomic E-state index is 6.28. The van der Waals surface area contributed by atoms with Crippen molar-refractivity contribution < 1.29 is 9.47 Å². The molecule has 2 aromatic carbocycles. The van der Waals surface area contributed by atoms with Gasteiger partial charge in [0, 0.05) is 12.0 Å². The van der Waals surface area contributed by atoms with Gasteiger partial charge >= 0.3 is 0 Å². The summed E-state index contributed by atoms with van der Waals surface area (Å²) in [5, 5.41) is 0. The third-order valence-corrected chi connectivity index (χ3v) is 4.86. The molecular weight excluding hydrogens is 320 g/mol. The zero-order valence-electron chi connectivity index (χ0n) is 15.7. The lowest BCUT2D eigenvalue weighted by atomic mass is 10.0. The summed E-state index contributed by atoms with van der Waals surface area (Å²) in [6, 6.07) is 20.7. The fourth-order valence-electron chi connectivity index (χ4n) is 3.39. The molecule has 0 saturated carbocycles. The first-order chi connectivity index (χ1) is 12.8. The highest BCUT2D eigenvalue weighted by atomic mass is 16.7. The number of rotatable bonds is 8. The summed E-state index contributed by atoms with van der Waals surface area (Å²) in [5.41, 5.74) is 2.31. The summed E-state index contributed by atoms with van der Waals surface area (Å²) < 4.78 is 12.5. The van der Waals surface area contributed by atoms with E-state index in [1.807, 2.05) is 24.3 Å². The Labute approximate surface area is 157 Å². The van der Waals surface area contributed by atoms with Gasteiger partial charge in [0.2, 0.25) is 0 Å². The minimum Gasteiger partial charge on any atom is -0.345 e.